The highest BCUT2D eigenvalue weighted by molar-refractivity contribution is 5.70. The molecule has 0 spiro atoms. The highest BCUT2D eigenvalue weighted by Gasteiger charge is 2.18. The molecular formula is C20H22O2. The lowest BCUT2D eigenvalue weighted by molar-refractivity contribution is 0.201. The van der Waals surface area contributed by atoms with Crippen LogP contribution in [0.1, 0.15) is 36.8 Å². The number of methoxy groups -OCH3 is 1. The first-order valence-electron chi connectivity index (χ1n) is 7.93. The van der Waals surface area contributed by atoms with Crippen molar-refractivity contribution in [2.24, 2.45) is 0 Å². The molecule has 22 heavy (non-hydrogen) atoms. The fourth-order valence-corrected chi connectivity index (χ4v) is 2.83. The molecule has 0 aromatic heterocycles. The molecule has 1 aliphatic rings. The summed E-state index contributed by atoms with van der Waals surface area (Å²) in [7, 11) is 1.70. The molecule has 2 aromatic carbocycles. The summed E-state index contributed by atoms with van der Waals surface area (Å²) in [5.74, 6) is 1.66. The van der Waals surface area contributed by atoms with Gasteiger partial charge in [-0.3, -0.25) is 0 Å². The van der Waals surface area contributed by atoms with Crippen molar-refractivity contribution >= 4 is 12.2 Å². The summed E-state index contributed by atoms with van der Waals surface area (Å²) in [6, 6.07) is 16.4. The largest absolute Gasteiger partial charge is 0.493 e. The average Bonchev–Trinajstić information content (AvgIpc) is 3.08. The van der Waals surface area contributed by atoms with Gasteiger partial charge in [-0.05, 0) is 48.9 Å². The Kier molecular flexibility index (Phi) is 4.79. The number of ether oxygens (including phenoxy) is 2. The Morgan fingerprint density at radius 3 is 2.32 bits per heavy atom. The number of benzene rings is 2. The van der Waals surface area contributed by atoms with Crippen LogP contribution in [-0.2, 0) is 0 Å². The Morgan fingerprint density at radius 2 is 1.59 bits per heavy atom. The van der Waals surface area contributed by atoms with Crippen molar-refractivity contribution < 1.29 is 9.47 Å². The monoisotopic (exact) mass is 294 g/mol. The summed E-state index contributed by atoms with van der Waals surface area (Å²) in [5, 5.41) is 0. The molecule has 0 bridgehead atoms. The zero-order chi connectivity index (χ0) is 15.2. The van der Waals surface area contributed by atoms with Crippen molar-refractivity contribution in [2.45, 2.75) is 31.8 Å². The fraction of sp³-hybridized carbons (Fsp3) is 0.300. The van der Waals surface area contributed by atoms with Crippen LogP contribution in [0, 0.1) is 0 Å². The van der Waals surface area contributed by atoms with E-state index in [4.69, 9.17) is 9.47 Å². The summed E-state index contributed by atoms with van der Waals surface area (Å²) in [5.41, 5.74) is 2.30. The predicted molar refractivity (Wildman–Crippen MR) is 91.2 cm³/mol. The molecule has 0 amide bonds. The summed E-state index contributed by atoms with van der Waals surface area (Å²) in [6.07, 6.45) is 9.39. The Labute approximate surface area is 132 Å². The second-order valence-electron chi connectivity index (χ2n) is 5.68. The van der Waals surface area contributed by atoms with Crippen molar-refractivity contribution in [1.82, 2.24) is 0 Å². The SMILES string of the molecule is COc1cc(C=Cc2ccccc2)ccc1OC1CCCC1. The van der Waals surface area contributed by atoms with Crippen LogP contribution in [0.15, 0.2) is 48.5 Å². The maximum absolute atomic E-state index is 6.07. The van der Waals surface area contributed by atoms with Crippen LogP contribution in [0.3, 0.4) is 0 Å². The summed E-state index contributed by atoms with van der Waals surface area (Å²) < 4.78 is 11.6. The zero-order valence-electron chi connectivity index (χ0n) is 13.0. The summed E-state index contributed by atoms with van der Waals surface area (Å²) in [4.78, 5) is 0. The molecule has 3 rings (SSSR count). The van der Waals surface area contributed by atoms with Crippen LogP contribution < -0.4 is 9.47 Å². The second-order valence-corrected chi connectivity index (χ2v) is 5.68. The number of hydrogen-bond acceptors (Lipinski definition) is 2. The quantitative estimate of drug-likeness (QED) is 0.707. The molecule has 1 aliphatic carbocycles. The van der Waals surface area contributed by atoms with E-state index in [1.807, 2.05) is 30.3 Å². The highest BCUT2D eigenvalue weighted by Crippen LogP contribution is 2.32. The molecule has 0 N–H and O–H groups in total. The van der Waals surface area contributed by atoms with E-state index in [2.05, 4.69) is 30.4 Å². The van der Waals surface area contributed by atoms with Crippen molar-refractivity contribution in [3.63, 3.8) is 0 Å². The van der Waals surface area contributed by atoms with E-state index in [1.54, 1.807) is 7.11 Å². The van der Waals surface area contributed by atoms with Crippen LogP contribution in [0.2, 0.25) is 0 Å². The molecule has 0 aliphatic heterocycles. The number of rotatable bonds is 5. The minimum absolute atomic E-state index is 0.347. The van der Waals surface area contributed by atoms with Gasteiger partial charge in [-0.25, -0.2) is 0 Å². The molecule has 2 aromatic rings. The van der Waals surface area contributed by atoms with E-state index >= 15 is 0 Å². The summed E-state index contributed by atoms with van der Waals surface area (Å²) in [6.45, 7) is 0. The lowest BCUT2D eigenvalue weighted by Crippen LogP contribution is -2.11. The van der Waals surface area contributed by atoms with Crippen molar-refractivity contribution in [1.29, 1.82) is 0 Å². The molecule has 2 nitrogen and oxygen atoms in total. The minimum atomic E-state index is 0.347. The molecule has 1 fully saturated rings. The average molecular weight is 294 g/mol. The van der Waals surface area contributed by atoms with Crippen molar-refractivity contribution in [2.75, 3.05) is 7.11 Å². The van der Waals surface area contributed by atoms with Crippen molar-refractivity contribution in [3.05, 3.63) is 59.7 Å². The molecule has 1 saturated carbocycles. The smallest absolute Gasteiger partial charge is 0.161 e. The second kappa shape index (κ2) is 7.17. The van der Waals surface area contributed by atoms with Gasteiger partial charge < -0.3 is 9.47 Å². The van der Waals surface area contributed by atoms with Gasteiger partial charge >= 0.3 is 0 Å². The maximum atomic E-state index is 6.07. The van der Waals surface area contributed by atoms with Crippen LogP contribution >= 0.6 is 0 Å². The first-order valence-corrected chi connectivity index (χ1v) is 7.93. The maximum Gasteiger partial charge on any atom is 0.161 e. The molecule has 0 atom stereocenters. The molecule has 114 valence electrons. The van der Waals surface area contributed by atoms with Crippen LogP contribution in [0.25, 0.3) is 12.2 Å². The first kappa shape index (κ1) is 14.7. The van der Waals surface area contributed by atoms with E-state index < -0.39 is 0 Å². The minimum Gasteiger partial charge on any atom is -0.493 e. The van der Waals surface area contributed by atoms with Gasteiger partial charge in [-0.2, -0.15) is 0 Å². The predicted octanol–water partition coefficient (Wildman–Crippen LogP) is 5.19. The van der Waals surface area contributed by atoms with Gasteiger partial charge in [0, 0.05) is 0 Å². The Morgan fingerprint density at radius 1 is 0.864 bits per heavy atom. The van der Waals surface area contributed by atoms with Crippen LogP contribution in [0.4, 0.5) is 0 Å². The summed E-state index contributed by atoms with van der Waals surface area (Å²) >= 11 is 0. The van der Waals surface area contributed by atoms with Crippen LogP contribution in [0.5, 0.6) is 11.5 Å². The van der Waals surface area contributed by atoms with Gasteiger partial charge in [0.25, 0.3) is 0 Å². The topological polar surface area (TPSA) is 18.5 Å². The van der Waals surface area contributed by atoms with E-state index in [-0.39, 0.29) is 0 Å². The molecule has 2 heteroatoms. The molecule has 0 heterocycles. The first-order chi connectivity index (χ1) is 10.8. The molecular weight excluding hydrogens is 272 g/mol. The van der Waals surface area contributed by atoms with E-state index in [0.29, 0.717) is 6.10 Å². The number of hydrogen-bond donors (Lipinski definition) is 0. The van der Waals surface area contributed by atoms with Gasteiger partial charge in [-0.15, -0.1) is 0 Å². The van der Waals surface area contributed by atoms with E-state index in [9.17, 15) is 0 Å². The lowest BCUT2D eigenvalue weighted by Gasteiger charge is -2.16. The third kappa shape index (κ3) is 3.70. The molecule has 0 radical (unpaired) electrons. The highest BCUT2D eigenvalue weighted by atomic mass is 16.5. The third-order valence-corrected chi connectivity index (χ3v) is 4.05. The van der Waals surface area contributed by atoms with Gasteiger partial charge in [0.05, 0.1) is 13.2 Å². The van der Waals surface area contributed by atoms with Gasteiger partial charge in [0.2, 0.25) is 0 Å². The fourth-order valence-electron chi connectivity index (χ4n) is 2.83. The normalized spacial score (nSPS) is 15.3. The molecule has 0 unspecified atom stereocenters. The lowest BCUT2D eigenvalue weighted by atomic mass is 10.1. The van der Waals surface area contributed by atoms with Gasteiger partial charge in [-0.1, -0.05) is 48.6 Å². The Balaban J connectivity index is 1.74. The van der Waals surface area contributed by atoms with Gasteiger partial charge in [0.15, 0.2) is 11.5 Å². The van der Waals surface area contributed by atoms with Gasteiger partial charge in [0.1, 0.15) is 0 Å². The van der Waals surface area contributed by atoms with E-state index in [1.165, 1.54) is 18.4 Å². The third-order valence-electron chi connectivity index (χ3n) is 4.05. The van der Waals surface area contributed by atoms with Crippen molar-refractivity contribution in [3.8, 4) is 11.5 Å². The zero-order valence-corrected chi connectivity index (χ0v) is 13.0. The van der Waals surface area contributed by atoms with E-state index in [0.717, 1.165) is 29.9 Å². The Hall–Kier alpha value is -2.22. The standard InChI is InChI=1S/C20H22O2/c1-21-20-15-17(12-11-16-7-3-2-4-8-16)13-14-19(20)22-18-9-5-6-10-18/h2-4,7-8,11-15,18H,5-6,9-10H2,1H3. The Bertz CT molecular complexity index is 625. The molecule has 0 saturated heterocycles. The van der Waals surface area contributed by atoms with Crippen LogP contribution in [-0.4, -0.2) is 13.2 Å².